The third-order valence-electron chi connectivity index (χ3n) is 4.89. The number of nitrogens with zero attached hydrogens (tertiary/aromatic N) is 1. The Kier molecular flexibility index (Phi) is 4.40. The zero-order valence-electron chi connectivity index (χ0n) is 13.6. The number of pyridine rings is 1. The maximum absolute atomic E-state index is 6.56. The molecule has 0 aliphatic heterocycles. The molecule has 0 bridgehead atoms. The van der Waals surface area contributed by atoms with E-state index in [-0.39, 0.29) is 0 Å². The van der Waals surface area contributed by atoms with Gasteiger partial charge in [0.2, 0.25) is 0 Å². The molecular formula is C21H21ClN2. The monoisotopic (exact) mass is 336 g/mol. The average molecular weight is 337 g/mol. The summed E-state index contributed by atoms with van der Waals surface area (Å²) in [6.45, 7) is 0. The Hall–Kier alpha value is -2.06. The zero-order valence-corrected chi connectivity index (χ0v) is 14.4. The van der Waals surface area contributed by atoms with E-state index in [1.807, 2.05) is 24.5 Å². The van der Waals surface area contributed by atoms with Gasteiger partial charge in [0.05, 0.1) is 5.02 Å². The normalized spacial score (nSPS) is 15.5. The Morgan fingerprint density at radius 1 is 0.917 bits per heavy atom. The van der Waals surface area contributed by atoms with Gasteiger partial charge in [-0.3, -0.25) is 4.98 Å². The van der Waals surface area contributed by atoms with E-state index >= 15 is 0 Å². The van der Waals surface area contributed by atoms with Crippen LogP contribution in [0.15, 0.2) is 54.9 Å². The summed E-state index contributed by atoms with van der Waals surface area (Å²) in [4.78, 5) is 4.39. The number of hydrogen-bond donors (Lipinski definition) is 1. The Bertz CT molecular complexity index is 839. The summed E-state index contributed by atoms with van der Waals surface area (Å²) in [5.74, 6) is 0. The summed E-state index contributed by atoms with van der Waals surface area (Å²) in [6.07, 6.45) is 10.3. The zero-order chi connectivity index (χ0) is 16.4. The van der Waals surface area contributed by atoms with Gasteiger partial charge in [-0.1, -0.05) is 61.2 Å². The van der Waals surface area contributed by atoms with E-state index in [1.54, 1.807) is 0 Å². The van der Waals surface area contributed by atoms with Gasteiger partial charge in [-0.15, -0.1) is 0 Å². The molecule has 0 radical (unpaired) electrons. The van der Waals surface area contributed by atoms with Gasteiger partial charge in [0.1, 0.15) is 0 Å². The Balaban J connectivity index is 1.77. The molecule has 0 spiro atoms. The molecule has 2 aromatic carbocycles. The number of rotatable bonds is 3. The topological polar surface area (TPSA) is 24.9 Å². The fourth-order valence-electron chi connectivity index (χ4n) is 3.64. The van der Waals surface area contributed by atoms with Crippen molar-refractivity contribution in [2.45, 2.75) is 38.1 Å². The largest absolute Gasteiger partial charge is 0.382 e. The summed E-state index contributed by atoms with van der Waals surface area (Å²) in [7, 11) is 0. The van der Waals surface area contributed by atoms with E-state index in [9.17, 15) is 0 Å². The highest BCUT2D eigenvalue weighted by Crippen LogP contribution is 2.35. The first kappa shape index (κ1) is 15.5. The van der Waals surface area contributed by atoms with Gasteiger partial charge in [0.15, 0.2) is 0 Å². The van der Waals surface area contributed by atoms with Gasteiger partial charge in [-0.25, -0.2) is 0 Å². The SMILES string of the molecule is Clc1cc(NC2CCCCC2)cc2c(-c3ccccc3)cncc12. The van der Waals surface area contributed by atoms with Gasteiger partial charge >= 0.3 is 0 Å². The van der Waals surface area contributed by atoms with Gasteiger partial charge in [0.25, 0.3) is 0 Å². The van der Waals surface area contributed by atoms with Crippen LogP contribution in [0.3, 0.4) is 0 Å². The Morgan fingerprint density at radius 2 is 1.71 bits per heavy atom. The molecule has 2 nitrogen and oxygen atoms in total. The van der Waals surface area contributed by atoms with Crippen molar-refractivity contribution in [1.29, 1.82) is 0 Å². The number of fused-ring (bicyclic) bond motifs is 1. The maximum Gasteiger partial charge on any atom is 0.0520 e. The molecule has 4 rings (SSSR count). The van der Waals surface area contributed by atoms with Crippen molar-refractivity contribution in [1.82, 2.24) is 4.98 Å². The number of benzene rings is 2. The van der Waals surface area contributed by atoms with Crippen LogP contribution in [-0.2, 0) is 0 Å². The first-order valence-electron chi connectivity index (χ1n) is 8.70. The predicted octanol–water partition coefficient (Wildman–Crippen LogP) is 6.30. The molecule has 1 N–H and O–H groups in total. The molecule has 0 atom stereocenters. The van der Waals surface area contributed by atoms with Crippen LogP contribution >= 0.6 is 11.6 Å². The van der Waals surface area contributed by atoms with Crippen LogP contribution in [0.5, 0.6) is 0 Å². The molecule has 0 saturated heterocycles. The molecule has 1 aromatic heterocycles. The minimum Gasteiger partial charge on any atom is -0.382 e. The lowest BCUT2D eigenvalue weighted by atomic mass is 9.95. The quantitative estimate of drug-likeness (QED) is 0.607. The molecule has 1 aliphatic rings. The average Bonchev–Trinajstić information content (AvgIpc) is 2.63. The van der Waals surface area contributed by atoms with Crippen LogP contribution < -0.4 is 5.32 Å². The van der Waals surface area contributed by atoms with Gasteiger partial charge in [-0.05, 0) is 35.9 Å². The maximum atomic E-state index is 6.56. The van der Waals surface area contributed by atoms with Gasteiger partial charge in [0, 0.05) is 35.1 Å². The number of nitrogens with one attached hydrogen (secondary N) is 1. The molecule has 3 aromatic rings. The van der Waals surface area contributed by atoms with E-state index in [2.05, 4.69) is 40.6 Å². The van der Waals surface area contributed by atoms with Crippen molar-refractivity contribution < 1.29 is 0 Å². The first-order chi connectivity index (χ1) is 11.8. The lowest BCUT2D eigenvalue weighted by Crippen LogP contribution is -2.22. The van der Waals surface area contributed by atoms with E-state index in [4.69, 9.17) is 11.6 Å². The molecule has 1 fully saturated rings. The highest BCUT2D eigenvalue weighted by Gasteiger charge is 2.15. The van der Waals surface area contributed by atoms with Crippen LogP contribution in [0.4, 0.5) is 5.69 Å². The highest BCUT2D eigenvalue weighted by molar-refractivity contribution is 6.36. The molecule has 0 amide bonds. The summed E-state index contributed by atoms with van der Waals surface area (Å²) < 4.78 is 0. The smallest absolute Gasteiger partial charge is 0.0520 e. The molecule has 1 saturated carbocycles. The Labute approximate surface area is 147 Å². The molecule has 0 unspecified atom stereocenters. The standard InChI is InChI=1S/C21H21ClN2/c22-21-12-17(24-16-9-5-2-6-10-16)11-18-19(13-23-14-20(18)21)15-7-3-1-4-8-15/h1,3-4,7-8,11-14,16,24H,2,5-6,9-10H2. The molecule has 1 aliphatic carbocycles. The lowest BCUT2D eigenvalue weighted by Gasteiger charge is -2.24. The van der Waals surface area contributed by atoms with Crippen LogP contribution in [0, 0.1) is 0 Å². The number of halogens is 1. The minimum absolute atomic E-state index is 0.564. The third kappa shape index (κ3) is 3.11. The summed E-state index contributed by atoms with van der Waals surface area (Å²) >= 11 is 6.56. The third-order valence-corrected chi connectivity index (χ3v) is 5.20. The van der Waals surface area contributed by atoms with Crippen molar-refractivity contribution in [2.75, 3.05) is 5.32 Å². The second kappa shape index (κ2) is 6.82. The van der Waals surface area contributed by atoms with E-state index < -0.39 is 0 Å². The summed E-state index contributed by atoms with van der Waals surface area (Å²) in [5.41, 5.74) is 3.41. The van der Waals surface area contributed by atoms with Crippen molar-refractivity contribution >= 4 is 28.1 Å². The predicted molar refractivity (Wildman–Crippen MR) is 103 cm³/mol. The van der Waals surface area contributed by atoms with Crippen LogP contribution in [-0.4, -0.2) is 11.0 Å². The van der Waals surface area contributed by atoms with Crippen LogP contribution in [0.2, 0.25) is 5.02 Å². The molecule has 24 heavy (non-hydrogen) atoms. The lowest BCUT2D eigenvalue weighted by molar-refractivity contribution is 0.463. The summed E-state index contributed by atoms with van der Waals surface area (Å²) in [6, 6.07) is 15.2. The number of anilines is 1. The minimum atomic E-state index is 0.564. The Morgan fingerprint density at radius 3 is 2.50 bits per heavy atom. The van der Waals surface area contributed by atoms with Crippen molar-refractivity contribution in [2.24, 2.45) is 0 Å². The first-order valence-corrected chi connectivity index (χ1v) is 9.08. The number of hydrogen-bond acceptors (Lipinski definition) is 2. The van der Waals surface area contributed by atoms with Crippen LogP contribution in [0.1, 0.15) is 32.1 Å². The molecular weight excluding hydrogens is 316 g/mol. The summed E-state index contributed by atoms with van der Waals surface area (Å²) in [5, 5.41) is 6.61. The van der Waals surface area contributed by atoms with E-state index in [0.29, 0.717) is 6.04 Å². The van der Waals surface area contributed by atoms with Crippen LogP contribution in [0.25, 0.3) is 21.9 Å². The van der Waals surface area contributed by atoms with Gasteiger partial charge < -0.3 is 5.32 Å². The van der Waals surface area contributed by atoms with Crippen molar-refractivity contribution in [3.8, 4) is 11.1 Å². The second-order valence-electron chi connectivity index (χ2n) is 6.59. The fraction of sp³-hybridized carbons (Fsp3) is 0.286. The van der Waals surface area contributed by atoms with E-state index in [1.165, 1.54) is 37.7 Å². The van der Waals surface area contributed by atoms with E-state index in [0.717, 1.165) is 27.0 Å². The van der Waals surface area contributed by atoms with Gasteiger partial charge in [-0.2, -0.15) is 0 Å². The molecule has 122 valence electrons. The molecule has 1 heterocycles. The van der Waals surface area contributed by atoms with Crippen molar-refractivity contribution in [3.05, 3.63) is 59.9 Å². The number of aromatic nitrogens is 1. The second-order valence-corrected chi connectivity index (χ2v) is 6.99. The molecule has 3 heteroatoms. The van der Waals surface area contributed by atoms with Crippen molar-refractivity contribution in [3.63, 3.8) is 0 Å². The highest BCUT2D eigenvalue weighted by atomic mass is 35.5. The fourth-order valence-corrected chi connectivity index (χ4v) is 3.91.